The first-order valence-corrected chi connectivity index (χ1v) is 7.43. The number of nitrogens with zero attached hydrogens (tertiary/aromatic N) is 2. The van der Waals surface area contributed by atoms with Gasteiger partial charge in [-0.25, -0.2) is 0 Å². The fraction of sp³-hybridized carbons (Fsp3) is 0. The Hall–Kier alpha value is -1.56. The number of hydrogen-bond donors (Lipinski definition) is 1. The lowest BCUT2D eigenvalue weighted by Crippen LogP contribution is -1.87. The van der Waals surface area contributed by atoms with E-state index in [1.165, 1.54) is 0 Å². The zero-order valence-corrected chi connectivity index (χ0v) is 13.6. The van der Waals surface area contributed by atoms with Crippen LogP contribution < -0.4 is 5.73 Å². The number of nitrogen functional groups attached to an aromatic ring is 1. The fourth-order valence-corrected chi connectivity index (χ4v) is 2.91. The van der Waals surface area contributed by atoms with Crippen molar-refractivity contribution < 1.29 is 4.52 Å². The van der Waals surface area contributed by atoms with Crippen molar-refractivity contribution >= 4 is 44.8 Å². The van der Waals surface area contributed by atoms with Gasteiger partial charge in [-0.2, -0.15) is 4.98 Å². The fourth-order valence-electron chi connectivity index (χ4n) is 1.88. The first-order chi connectivity index (χ1) is 10.0. The Morgan fingerprint density at radius 2 is 1.67 bits per heavy atom. The van der Waals surface area contributed by atoms with E-state index < -0.39 is 0 Å². The average molecular weight is 385 g/mol. The molecule has 21 heavy (non-hydrogen) atoms. The molecule has 0 saturated heterocycles. The van der Waals surface area contributed by atoms with E-state index in [1.807, 2.05) is 6.07 Å². The largest absolute Gasteiger partial charge is 0.399 e. The summed E-state index contributed by atoms with van der Waals surface area (Å²) in [5.74, 6) is 0.780. The molecular formula is C14H8BrCl2N3O. The molecule has 0 fully saturated rings. The highest BCUT2D eigenvalue weighted by atomic mass is 79.9. The monoisotopic (exact) mass is 383 g/mol. The van der Waals surface area contributed by atoms with Gasteiger partial charge in [0.05, 0.1) is 0 Å². The summed E-state index contributed by atoms with van der Waals surface area (Å²) in [4.78, 5) is 4.34. The highest BCUT2D eigenvalue weighted by Crippen LogP contribution is 2.29. The van der Waals surface area contributed by atoms with Crippen LogP contribution in [-0.4, -0.2) is 10.1 Å². The summed E-state index contributed by atoms with van der Waals surface area (Å²) in [5.41, 5.74) is 7.82. The molecule has 0 unspecified atom stereocenters. The minimum Gasteiger partial charge on any atom is -0.399 e. The predicted molar refractivity (Wildman–Crippen MR) is 87.3 cm³/mol. The van der Waals surface area contributed by atoms with Crippen LogP contribution in [0.5, 0.6) is 0 Å². The van der Waals surface area contributed by atoms with Gasteiger partial charge in [-0.05, 0) is 36.4 Å². The van der Waals surface area contributed by atoms with Gasteiger partial charge in [-0.15, -0.1) is 0 Å². The summed E-state index contributed by atoms with van der Waals surface area (Å²) in [7, 11) is 0. The summed E-state index contributed by atoms with van der Waals surface area (Å²) in [5, 5.41) is 4.96. The number of hydrogen-bond acceptors (Lipinski definition) is 4. The smallest absolute Gasteiger partial charge is 0.258 e. The van der Waals surface area contributed by atoms with E-state index in [0.29, 0.717) is 33.0 Å². The lowest BCUT2D eigenvalue weighted by atomic mass is 10.2. The summed E-state index contributed by atoms with van der Waals surface area (Å²) < 4.78 is 6.11. The Kier molecular flexibility index (Phi) is 3.89. The Labute approximate surface area is 139 Å². The first kappa shape index (κ1) is 14.4. The Balaban J connectivity index is 2.03. The van der Waals surface area contributed by atoms with Crippen LogP contribution in [0.2, 0.25) is 10.0 Å². The number of anilines is 1. The molecule has 2 N–H and O–H groups in total. The number of rotatable bonds is 2. The van der Waals surface area contributed by atoms with Crippen LogP contribution in [0.4, 0.5) is 5.69 Å². The number of nitrogens with two attached hydrogens (primary N) is 1. The van der Waals surface area contributed by atoms with Gasteiger partial charge in [0.1, 0.15) is 0 Å². The van der Waals surface area contributed by atoms with Crippen molar-refractivity contribution in [2.75, 3.05) is 5.73 Å². The van der Waals surface area contributed by atoms with Crippen LogP contribution in [0.3, 0.4) is 0 Å². The SMILES string of the molecule is Nc1cc(Br)cc(-c2nc(-c3cc(Cl)cc(Cl)c3)no2)c1. The van der Waals surface area contributed by atoms with E-state index >= 15 is 0 Å². The lowest BCUT2D eigenvalue weighted by Gasteiger charge is -1.99. The Bertz CT molecular complexity index is 713. The molecule has 0 aliphatic heterocycles. The molecule has 0 spiro atoms. The molecule has 0 radical (unpaired) electrons. The highest BCUT2D eigenvalue weighted by molar-refractivity contribution is 9.10. The molecule has 3 aromatic rings. The molecule has 0 atom stereocenters. The standard InChI is InChI=1S/C14H8BrCl2N3O/c15-9-1-8(4-12(18)5-9)14-19-13(20-21-14)7-2-10(16)6-11(17)3-7/h1-6H,18H2. The van der Waals surface area contributed by atoms with Crippen molar-refractivity contribution in [1.82, 2.24) is 10.1 Å². The Morgan fingerprint density at radius 1 is 0.952 bits per heavy atom. The van der Waals surface area contributed by atoms with Gasteiger partial charge in [0.25, 0.3) is 5.89 Å². The van der Waals surface area contributed by atoms with Gasteiger partial charge in [0.2, 0.25) is 5.82 Å². The van der Waals surface area contributed by atoms with Crippen molar-refractivity contribution in [3.8, 4) is 22.8 Å². The molecule has 7 heteroatoms. The summed E-state index contributed by atoms with van der Waals surface area (Å²) >= 11 is 15.3. The van der Waals surface area contributed by atoms with Crippen molar-refractivity contribution in [3.63, 3.8) is 0 Å². The number of aromatic nitrogens is 2. The molecule has 1 aromatic heterocycles. The molecule has 4 nitrogen and oxygen atoms in total. The van der Waals surface area contributed by atoms with Gasteiger partial charge >= 0.3 is 0 Å². The summed E-state index contributed by atoms with van der Waals surface area (Å²) in [6, 6.07) is 10.5. The van der Waals surface area contributed by atoms with Crippen molar-refractivity contribution in [2.45, 2.75) is 0 Å². The molecular weight excluding hydrogens is 377 g/mol. The molecule has 1 heterocycles. The van der Waals surface area contributed by atoms with Crippen molar-refractivity contribution in [3.05, 3.63) is 50.9 Å². The van der Waals surface area contributed by atoms with Crippen LogP contribution in [0.1, 0.15) is 0 Å². The van der Waals surface area contributed by atoms with Gasteiger partial charge < -0.3 is 10.3 Å². The maximum atomic E-state index is 5.97. The van der Waals surface area contributed by atoms with Gasteiger partial charge in [0, 0.05) is 31.3 Å². The highest BCUT2D eigenvalue weighted by Gasteiger charge is 2.12. The van der Waals surface area contributed by atoms with Gasteiger partial charge in [0.15, 0.2) is 0 Å². The second-order valence-electron chi connectivity index (χ2n) is 4.35. The molecule has 0 saturated carbocycles. The third kappa shape index (κ3) is 3.20. The third-order valence-corrected chi connectivity index (χ3v) is 3.61. The summed E-state index contributed by atoms with van der Waals surface area (Å²) in [6.45, 7) is 0. The number of benzene rings is 2. The molecule has 0 amide bonds. The molecule has 106 valence electrons. The number of halogens is 3. The second-order valence-corrected chi connectivity index (χ2v) is 6.14. The molecule has 2 aromatic carbocycles. The van der Waals surface area contributed by atoms with Crippen LogP contribution >= 0.6 is 39.1 Å². The topological polar surface area (TPSA) is 64.9 Å². The quantitative estimate of drug-likeness (QED) is 0.627. The van der Waals surface area contributed by atoms with Crippen LogP contribution in [-0.2, 0) is 0 Å². The van der Waals surface area contributed by atoms with E-state index in [-0.39, 0.29) is 0 Å². The van der Waals surface area contributed by atoms with E-state index in [9.17, 15) is 0 Å². The molecule has 0 aliphatic rings. The average Bonchev–Trinajstić information content (AvgIpc) is 2.85. The van der Waals surface area contributed by atoms with Gasteiger partial charge in [-0.3, -0.25) is 0 Å². The third-order valence-electron chi connectivity index (χ3n) is 2.71. The Morgan fingerprint density at radius 3 is 2.33 bits per heavy atom. The van der Waals surface area contributed by atoms with Crippen molar-refractivity contribution in [2.24, 2.45) is 0 Å². The minimum atomic E-state index is 0.370. The summed E-state index contributed by atoms with van der Waals surface area (Å²) in [6.07, 6.45) is 0. The van der Waals surface area contributed by atoms with E-state index in [0.717, 1.165) is 10.0 Å². The molecule has 0 aliphatic carbocycles. The van der Waals surface area contributed by atoms with Gasteiger partial charge in [-0.1, -0.05) is 44.3 Å². The maximum Gasteiger partial charge on any atom is 0.258 e. The zero-order chi connectivity index (χ0) is 15.0. The van der Waals surface area contributed by atoms with E-state index in [1.54, 1.807) is 30.3 Å². The maximum absolute atomic E-state index is 5.97. The predicted octanol–water partition coefficient (Wildman–Crippen LogP) is 5.06. The second kappa shape index (κ2) is 5.67. The molecule has 3 rings (SSSR count). The van der Waals surface area contributed by atoms with Crippen LogP contribution in [0, 0.1) is 0 Å². The minimum absolute atomic E-state index is 0.370. The lowest BCUT2D eigenvalue weighted by molar-refractivity contribution is 0.432. The van der Waals surface area contributed by atoms with E-state index in [2.05, 4.69) is 26.1 Å². The zero-order valence-electron chi connectivity index (χ0n) is 10.5. The normalized spacial score (nSPS) is 10.8. The van der Waals surface area contributed by atoms with E-state index in [4.69, 9.17) is 33.5 Å². The van der Waals surface area contributed by atoms with Crippen molar-refractivity contribution in [1.29, 1.82) is 0 Å². The first-order valence-electron chi connectivity index (χ1n) is 5.88. The molecule has 0 bridgehead atoms. The van der Waals surface area contributed by atoms with Crippen LogP contribution in [0.15, 0.2) is 45.4 Å². The van der Waals surface area contributed by atoms with Crippen LogP contribution in [0.25, 0.3) is 22.8 Å².